The molecule has 0 saturated carbocycles. The zero-order chi connectivity index (χ0) is 11.8. The van der Waals surface area contributed by atoms with Gasteiger partial charge in [0.05, 0.1) is 13.2 Å². The van der Waals surface area contributed by atoms with E-state index < -0.39 is 0 Å². The molecule has 1 saturated heterocycles. The average Bonchev–Trinajstić information content (AvgIpc) is 2.35. The van der Waals surface area contributed by atoms with Crippen molar-refractivity contribution in [1.82, 2.24) is 15.5 Å². The van der Waals surface area contributed by atoms with Crippen LogP contribution in [0.5, 0.6) is 0 Å². The van der Waals surface area contributed by atoms with E-state index in [-0.39, 0.29) is 0 Å². The number of aliphatic imine (C=N–C) groups is 1. The number of ether oxygens (including phenoxy) is 1. The summed E-state index contributed by atoms with van der Waals surface area (Å²) in [5.74, 6) is 0.877. The van der Waals surface area contributed by atoms with Crippen LogP contribution in [0.25, 0.3) is 0 Å². The predicted octanol–water partition coefficient (Wildman–Crippen LogP) is -0.108. The summed E-state index contributed by atoms with van der Waals surface area (Å²) >= 11 is 0. The van der Waals surface area contributed by atoms with Crippen LogP contribution in [0.3, 0.4) is 0 Å². The highest BCUT2D eigenvalue weighted by Crippen LogP contribution is 2.02. The molecule has 0 aromatic carbocycles. The zero-order valence-electron chi connectivity index (χ0n) is 10.6. The van der Waals surface area contributed by atoms with Crippen LogP contribution in [0.2, 0.25) is 0 Å². The van der Waals surface area contributed by atoms with E-state index in [1.807, 2.05) is 0 Å². The smallest absolute Gasteiger partial charge is 0.191 e. The van der Waals surface area contributed by atoms with Crippen molar-refractivity contribution in [3.05, 3.63) is 0 Å². The second-order valence-electron chi connectivity index (χ2n) is 3.98. The van der Waals surface area contributed by atoms with Gasteiger partial charge in [0.2, 0.25) is 0 Å². The molecule has 5 nitrogen and oxygen atoms in total. The van der Waals surface area contributed by atoms with Gasteiger partial charge in [0.25, 0.3) is 0 Å². The van der Waals surface area contributed by atoms with Gasteiger partial charge in [0.1, 0.15) is 0 Å². The van der Waals surface area contributed by atoms with Crippen LogP contribution >= 0.6 is 0 Å². The summed E-state index contributed by atoms with van der Waals surface area (Å²) in [5.41, 5.74) is 0. The van der Waals surface area contributed by atoms with E-state index in [9.17, 15) is 0 Å². The van der Waals surface area contributed by atoms with Crippen molar-refractivity contribution in [3.8, 4) is 0 Å². The third kappa shape index (κ3) is 4.37. The lowest BCUT2D eigenvalue weighted by molar-refractivity contribution is 0.0211. The maximum atomic E-state index is 5.34. The Kier molecular flexibility index (Phi) is 6.18. The highest BCUT2D eigenvalue weighted by molar-refractivity contribution is 5.79. The number of hydrogen-bond acceptors (Lipinski definition) is 3. The molecule has 0 spiro atoms. The second kappa shape index (κ2) is 7.46. The van der Waals surface area contributed by atoms with Crippen molar-refractivity contribution in [2.24, 2.45) is 4.99 Å². The molecule has 1 rings (SSSR count). The van der Waals surface area contributed by atoms with Crippen molar-refractivity contribution >= 4 is 5.96 Å². The molecule has 1 unspecified atom stereocenters. The molecule has 1 atom stereocenters. The largest absolute Gasteiger partial charge is 0.379 e. The molecule has 5 heteroatoms. The van der Waals surface area contributed by atoms with E-state index in [1.54, 1.807) is 7.05 Å². The predicted molar refractivity (Wildman–Crippen MR) is 66.9 cm³/mol. The maximum Gasteiger partial charge on any atom is 0.191 e. The fourth-order valence-electron chi connectivity index (χ4n) is 1.78. The summed E-state index contributed by atoms with van der Waals surface area (Å²) in [4.78, 5) is 6.59. The summed E-state index contributed by atoms with van der Waals surface area (Å²) in [6, 6.07) is 0.513. The summed E-state index contributed by atoms with van der Waals surface area (Å²) in [6.45, 7) is 9.88. The van der Waals surface area contributed by atoms with Gasteiger partial charge >= 0.3 is 0 Å². The first-order chi connectivity index (χ1) is 7.77. The van der Waals surface area contributed by atoms with Crippen LogP contribution < -0.4 is 10.6 Å². The quantitative estimate of drug-likeness (QED) is 0.521. The highest BCUT2D eigenvalue weighted by Gasteiger charge is 2.16. The topological polar surface area (TPSA) is 48.9 Å². The van der Waals surface area contributed by atoms with Crippen LogP contribution in [-0.2, 0) is 4.74 Å². The van der Waals surface area contributed by atoms with E-state index in [2.05, 4.69) is 34.4 Å². The van der Waals surface area contributed by atoms with Crippen LogP contribution in [0, 0.1) is 0 Å². The molecule has 0 aromatic heterocycles. The molecule has 1 aliphatic rings. The molecule has 1 aliphatic heterocycles. The number of morpholine rings is 1. The Morgan fingerprint density at radius 2 is 2.06 bits per heavy atom. The SMILES string of the molecule is CCNC(=NC)NCC(C)N1CCOCC1. The lowest BCUT2D eigenvalue weighted by Crippen LogP contribution is -2.49. The van der Waals surface area contributed by atoms with Gasteiger partial charge < -0.3 is 15.4 Å². The molecule has 0 radical (unpaired) electrons. The van der Waals surface area contributed by atoms with Gasteiger partial charge in [-0.25, -0.2) is 0 Å². The first-order valence-corrected chi connectivity index (χ1v) is 6.04. The van der Waals surface area contributed by atoms with Crippen molar-refractivity contribution in [1.29, 1.82) is 0 Å². The minimum Gasteiger partial charge on any atom is -0.379 e. The molecule has 0 aliphatic carbocycles. The van der Waals surface area contributed by atoms with Crippen molar-refractivity contribution in [2.75, 3.05) is 46.4 Å². The number of nitrogens with zero attached hydrogens (tertiary/aromatic N) is 2. The van der Waals surface area contributed by atoms with Gasteiger partial charge in [-0.05, 0) is 13.8 Å². The second-order valence-corrected chi connectivity index (χ2v) is 3.98. The third-order valence-corrected chi connectivity index (χ3v) is 2.80. The molecule has 0 bridgehead atoms. The number of nitrogens with one attached hydrogen (secondary N) is 2. The molecule has 1 fully saturated rings. The molecular formula is C11H24N4O. The molecule has 0 aromatic rings. The Labute approximate surface area is 98.3 Å². The minimum absolute atomic E-state index is 0.513. The van der Waals surface area contributed by atoms with Gasteiger partial charge in [-0.15, -0.1) is 0 Å². The summed E-state index contributed by atoms with van der Waals surface area (Å²) < 4.78 is 5.34. The van der Waals surface area contributed by atoms with E-state index in [1.165, 1.54) is 0 Å². The Morgan fingerprint density at radius 1 is 1.38 bits per heavy atom. The Bertz CT molecular complexity index is 214. The monoisotopic (exact) mass is 228 g/mol. The first kappa shape index (κ1) is 13.3. The van der Waals surface area contributed by atoms with Crippen LogP contribution in [0.4, 0.5) is 0 Å². The molecule has 1 heterocycles. The Hall–Kier alpha value is -0.810. The molecule has 2 N–H and O–H groups in total. The van der Waals surface area contributed by atoms with Crippen LogP contribution in [-0.4, -0.2) is 63.3 Å². The number of rotatable bonds is 4. The lowest BCUT2D eigenvalue weighted by Gasteiger charge is -2.32. The fraction of sp³-hybridized carbons (Fsp3) is 0.909. The highest BCUT2D eigenvalue weighted by atomic mass is 16.5. The Morgan fingerprint density at radius 3 is 2.62 bits per heavy atom. The molecular weight excluding hydrogens is 204 g/mol. The first-order valence-electron chi connectivity index (χ1n) is 6.04. The van der Waals surface area contributed by atoms with Crippen LogP contribution in [0.1, 0.15) is 13.8 Å². The van der Waals surface area contributed by atoms with E-state index in [0.717, 1.165) is 45.4 Å². The molecule has 0 amide bonds. The van der Waals surface area contributed by atoms with Gasteiger partial charge in [-0.3, -0.25) is 9.89 Å². The third-order valence-electron chi connectivity index (χ3n) is 2.80. The normalized spacial score (nSPS) is 20.6. The molecule has 94 valence electrons. The number of guanidine groups is 1. The standard InChI is InChI=1S/C11H24N4O/c1-4-13-11(12-3)14-9-10(2)15-5-7-16-8-6-15/h10H,4-9H2,1-3H3,(H2,12,13,14). The zero-order valence-corrected chi connectivity index (χ0v) is 10.6. The van der Waals surface area contributed by atoms with E-state index in [4.69, 9.17) is 4.74 Å². The maximum absolute atomic E-state index is 5.34. The van der Waals surface area contributed by atoms with Crippen molar-refractivity contribution < 1.29 is 4.74 Å². The van der Waals surface area contributed by atoms with E-state index >= 15 is 0 Å². The van der Waals surface area contributed by atoms with Gasteiger partial charge in [0.15, 0.2) is 5.96 Å². The van der Waals surface area contributed by atoms with Crippen LogP contribution in [0.15, 0.2) is 4.99 Å². The molecule has 16 heavy (non-hydrogen) atoms. The number of hydrogen-bond donors (Lipinski definition) is 2. The average molecular weight is 228 g/mol. The summed E-state index contributed by atoms with van der Waals surface area (Å²) in [7, 11) is 1.80. The van der Waals surface area contributed by atoms with Gasteiger partial charge in [-0.2, -0.15) is 0 Å². The lowest BCUT2D eigenvalue weighted by atomic mass is 10.2. The van der Waals surface area contributed by atoms with Gasteiger partial charge in [-0.1, -0.05) is 0 Å². The van der Waals surface area contributed by atoms with Crippen molar-refractivity contribution in [2.45, 2.75) is 19.9 Å². The summed E-state index contributed by atoms with van der Waals surface area (Å²) in [6.07, 6.45) is 0. The fourth-order valence-corrected chi connectivity index (χ4v) is 1.78. The Balaban J connectivity index is 2.24. The van der Waals surface area contributed by atoms with Crippen molar-refractivity contribution in [3.63, 3.8) is 0 Å². The van der Waals surface area contributed by atoms with Gasteiger partial charge in [0, 0.05) is 39.3 Å². The summed E-state index contributed by atoms with van der Waals surface area (Å²) in [5, 5.41) is 6.51. The van der Waals surface area contributed by atoms with E-state index in [0.29, 0.717) is 6.04 Å². The minimum atomic E-state index is 0.513.